The van der Waals surface area contributed by atoms with E-state index in [2.05, 4.69) is 10.6 Å². The van der Waals surface area contributed by atoms with Crippen LogP contribution in [0.3, 0.4) is 0 Å². The molecule has 0 unspecified atom stereocenters. The van der Waals surface area contributed by atoms with Crippen LogP contribution in [0.5, 0.6) is 0 Å². The zero-order valence-electron chi connectivity index (χ0n) is 14.6. The molecule has 1 heterocycles. The summed E-state index contributed by atoms with van der Waals surface area (Å²) >= 11 is 1.65. The molecule has 0 spiro atoms. The van der Waals surface area contributed by atoms with Crippen LogP contribution in [-0.4, -0.2) is 52.9 Å². The molecule has 1 aliphatic rings. The average molecular weight is 385 g/mol. The first-order valence-electron chi connectivity index (χ1n) is 8.17. The number of nitrogens with one attached hydrogen (secondary N) is 2. The van der Waals surface area contributed by atoms with Gasteiger partial charge in [-0.15, -0.1) is 11.8 Å². The smallest absolute Gasteiger partial charge is 0.245 e. The Bertz CT molecular complexity index is 676. The monoisotopic (exact) mass is 385 g/mol. The standard InChI is InChI=1S/C17H21F2N3O3S/c1-10(16(24)21-11(2)17(25)22-3-4-26-9-22)20-15(23)7-12-5-13(18)8-14(19)6-12/h5-6,8,10-11H,3-4,7,9H2,1-2H3,(H,20,23)(H,21,24)/t10-,11-/m0/s1. The van der Waals surface area contributed by atoms with E-state index in [1.54, 1.807) is 23.6 Å². The molecular weight excluding hydrogens is 364 g/mol. The van der Waals surface area contributed by atoms with E-state index in [1.165, 1.54) is 6.92 Å². The van der Waals surface area contributed by atoms with Gasteiger partial charge in [0.15, 0.2) is 0 Å². The average Bonchev–Trinajstić information content (AvgIpc) is 3.06. The van der Waals surface area contributed by atoms with E-state index in [0.29, 0.717) is 12.4 Å². The zero-order chi connectivity index (χ0) is 19.3. The molecule has 26 heavy (non-hydrogen) atoms. The lowest BCUT2D eigenvalue weighted by atomic mass is 10.1. The maximum absolute atomic E-state index is 13.1. The molecule has 3 amide bonds. The fourth-order valence-corrected chi connectivity index (χ4v) is 3.47. The van der Waals surface area contributed by atoms with Gasteiger partial charge in [0, 0.05) is 18.4 Å². The van der Waals surface area contributed by atoms with E-state index < -0.39 is 35.5 Å². The van der Waals surface area contributed by atoms with Crippen molar-refractivity contribution in [2.24, 2.45) is 0 Å². The lowest BCUT2D eigenvalue weighted by Crippen LogP contribution is -2.52. The van der Waals surface area contributed by atoms with Gasteiger partial charge in [0.2, 0.25) is 17.7 Å². The predicted octanol–water partition coefficient (Wildman–Crippen LogP) is 1.05. The fraction of sp³-hybridized carbons (Fsp3) is 0.471. The number of carbonyl (C=O) groups excluding carboxylic acids is 3. The second-order valence-corrected chi connectivity index (χ2v) is 7.19. The molecule has 2 atom stereocenters. The minimum Gasteiger partial charge on any atom is -0.344 e. The van der Waals surface area contributed by atoms with Crippen LogP contribution in [0.15, 0.2) is 18.2 Å². The number of amides is 3. The Kier molecular flexibility index (Phi) is 6.96. The Morgan fingerprint density at radius 3 is 2.35 bits per heavy atom. The first kappa shape index (κ1) is 20.2. The molecule has 0 aromatic heterocycles. The number of halogens is 2. The van der Waals surface area contributed by atoms with Gasteiger partial charge in [0.25, 0.3) is 0 Å². The molecule has 2 N–H and O–H groups in total. The van der Waals surface area contributed by atoms with E-state index >= 15 is 0 Å². The van der Waals surface area contributed by atoms with Gasteiger partial charge >= 0.3 is 0 Å². The number of hydrogen-bond donors (Lipinski definition) is 2. The van der Waals surface area contributed by atoms with Crippen molar-refractivity contribution in [3.8, 4) is 0 Å². The molecule has 1 fully saturated rings. The highest BCUT2D eigenvalue weighted by Crippen LogP contribution is 2.14. The number of carbonyl (C=O) groups is 3. The largest absolute Gasteiger partial charge is 0.344 e. The minimum atomic E-state index is -0.885. The van der Waals surface area contributed by atoms with Crippen molar-refractivity contribution in [3.05, 3.63) is 35.4 Å². The predicted molar refractivity (Wildman–Crippen MR) is 94.3 cm³/mol. The highest BCUT2D eigenvalue weighted by molar-refractivity contribution is 7.99. The Morgan fingerprint density at radius 2 is 1.77 bits per heavy atom. The SMILES string of the molecule is C[C@H](NC(=O)Cc1cc(F)cc(F)c1)C(=O)N[C@@H](C)C(=O)N1CCSC1. The number of hydrogen-bond acceptors (Lipinski definition) is 4. The van der Waals surface area contributed by atoms with Crippen LogP contribution >= 0.6 is 11.8 Å². The summed E-state index contributed by atoms with van der Waals surface area (Å²) in [7, 11) is 0. The quantitative estimate of drug-likeness (QED) is 0.767. The summed E-state index contributed by atoms with van der Waals surface area (Å²) in [6, 6.07) is 1.25. The molecule has 1 aromatic rings. The van der Waals surface area contributed by atoms with Gasteiger partial charge < -0.3 is 15.5 Å². The van der Waals surface area contributed by atoms with Gasteiger partial charge in [-0.2, -0.15) is 0 Å². The summed E-state index contributed by atoms with van der Waals surface area (Å²) in [5.74, 6) is -1.28. The number of thioether (sulfide) groups is 1. The topological polar surface area (TPSA) is 78.5 Å². The van der Waals surface area contributed by atoms with Crippen LogP contribution in [0.2, 0.25) is 0 Å². The van der Waals surface area contributed by atoms with Crippen molar-refractivity contribution in [1.29, 1.82) is 0 Å². The normalized spacial score (nSPS) is 16.1. The molecule has 0 saturated carbocycles. The van der Waals surface area contributed by atoms with Crippen molar-refractivity contribution < 1.29 is 23.2 Å². The minimum absolute atomic E-state index is 0.169. The van der Waals surface area contributed by atoms with Crippen LogP contribution in [0.1, 0.15) is 19.4 Å². The summed E-state index contributed by atoms with van der Waals surface area (Å²) in [6.45, 7) is 3.72. The van der Waals surface area contributed by atoms with Gasteiger partial charge in [-0.25, -0.2) is 8.78 Å². The lowest BCUT2D eigenvalue weighted by Gasteiger charge is -2.22. The Morgan fingerprint density at radius 1 is 1.12 bits per heavy atom. The van der Waals surface area contributed by atoms with E-state index in [0.717, 1.165) is 24.0 Å². The van der Waals surface area contributed by atoms with E-state index in [4.69, 9.17) is 0 Å². The van der Waals surface area contributed by atoms with Crippen molar-refractivity contribution in [3.63, 3.8) is 0 Å². The second kappa shape index (κ2) is 8.98. The molecule has 1 aromatic carbocycles. The van der Waals surface area contributed by atoms with E-state index in [-0.39, 0.29) is 17.9 Å². The first-order chi connectivity index (χ1) is 12.3. The molecule has 142 valence electrons. The molecule has 1 saturated heterocycles. The van der Waals surface area contributed by atoms with Crippen molar-refractivity contribution in [1.82, 2.24) is 15.5 Å². The summed E-state index contributed by atoms with van der Waals surface area (Å²) in [4.78, 5) is 37.9. The lowest BCUT2D eigenvalue weighted by molar-refractivity contribution is -0.135. The van der Waals surface area contributed by atoms with Crippen molar-refractivity contribution in [2.75, 3.05) is 18.2 Å². The second-order valence-electron chi connectivity index (χ2n) is 6.11. The number of benzene rings is 1. The van der Waals surface area contributed by atoms with Gasteiger partial charge in [-0.3, -0.25) is 14.4 Å². The summed E-state index contributed by atoms with van der Waals surface area (Å²) in [6.07, 6.45) is -0.258. The third kappa shape index (κ3) is 5.69. The van der Waals surface area contributed by atoms with E-state index in [1.807, 2.05) is 0 Å². The van der Waals surface area contributed by atoms with Crippen LogP contribution < -0.4 is 10.6 Å². The third-order valence-electron chi connectivity index (χ3n) is 3.85. The molecule has 0 bridgehead atoms. The highest BCUT2D eigenvalue weighted by atomic mass is 32.2. The molecule has 0 aliphatic carbocycles. The van der Waals surface area contributed by atoms with Gasteiger partial charge in [0.1, 0.15) is 23.7 Å². The maximum Gasteiger partial charge on any atom is 0.245 e. The Labute approximate surface area is 154 Å². The van der Waals surface area contributed by atoms with Crippen LogP contribution in [0.4, 0.5) is 8.78 Å². The summed E-state index contributed by atoms with van der Waals surface area (Å²) < 4.78 is 26.3. The van der Waals surface area contributed by atoms with Gasteiger partial charge in [-0.1, -0.05) is 0 Å². The summed E-state index contributed by atoms with van der Waals surface area (Å²) in [5, 5.41) is 5.03. The number of nitrogens with zero attached hydrogens (tertiary/aromatic N) is 1. The third-order valence-corrected chi connectivity index (χ3v) is 4.82. The van der Waals surface area contributed by atoms with Crippen LogP contribution in [0, 0.1) is 11.6 Å². The van der Waals surface area contributed by atoms with Crippen LogP contribution in [0.25, 0.3) is 0 Å². The van der Waals surface area contributed by atoms with Gasteiger partial charge in [0.05, 0.1) is 12.3 Å². The highest BCUT2D eigenvalue weighted by Gasteiger charge is 2.26. The van der Waals surface area contributed by atoms with Crippen LogP contribution in [-0.2, 0) is 20.8 Å². The molecule has 2 rings (SSSR count). The van der Waals surface area contributed by atoms with Crippen molar-refractivity contribution >= 4 is 29.5 Å². The summed E-state index contributed by atoms with van der Waals surface area (Å²) in [5.41, 5.74) is 0.169. The van der Waals surface area contributed by atoms with E-state index in [9.17, 15) is 23.2 Å². The maximum atomic E-state index is 13.1. The fourth-order valence-electron chi connectivity index (χ4n) is 2.52. The Balaban J connectivity index is 1.83. The van der Waals surface area contributed by atoms with Gasteiger partial charge in [-0.05, 0) is 31.5 Å². The molecule has 1 aliphatic heterocycles. The zero-order valence-corrected chi connectivity index (χ0v) is 15.4. The molecule has 9 heteroatoms. The first-order valence-corrected chi connectivity index (χ1v) is 9.33. The molecule has 6 nitrogen and oxygen atoms in total. The molecule has 0 radical (unpaired) electrons. The number of rotatable bonds is 6. The van der Waals surface area contributed by atoms with Crippen molar-refractivity contribution in [2.45, 2.75) is 32.4 Å². The molecular formula is C17H21F2N3O3S. The Hall–Kier alpha value is -2.16.